The second-order valence-corrected chi connectivity index (χ2v) is 3.63. The van der Waals surface area contributed by atoms with Crippen LogP contribution in [0.4, 0.5) is 0 Å². The first-order valence-electron chi connectivity index (χ1n) is 4.96. The summed E-state index contributed by atoms with van der Waals surface area (Å²) in [5, 5.41) is 8.45. The molecule has 3 heteroatoms. The van der Waals surface area contributed by atoms with Crippen LogP contribution in [0.1, 0.15) is 17.5 Å². The standard InChI is InChI=1S/C12H16N2O/c1-9-4-3-5-12(10(9)2)15-8-11(14)6-7-13/h3-5,11H,6,8,14H2,1-2H3. The van der Waals surface area contributed by atoms with E-state index >= 15 is 0 Å². The highest BCUT2D eigenvalue weighted by Gasteiger charge is 2.05. The van der Waals surface area contributed by atoms with Crippen LogP contribution in [0.2, 0.25) is 0 Å². The van der Waals surface area contributed by atoms with E-state index in [4.69, 9.17) is 15.7 Å². The van der Waals surface area contributed by atoms with Gasteiger partial charge in [0, 0.05) is 0 Å². The summed E-state index contributed by atoms with van der Waals surface area (Å²) in [6.07, 6.45) is 0.324. The Kier molecular flexibility index (Phi) is 4.14. The molecule has 0 amide bonds. The predicted octanol–water partition coefficient (Wildman–Crippen LogP) is 1.92. The maximum absolute atomic E-state index is 8.45. The zero-order valence-corrected chi connectivity index (χ0v) is 9.16. The topological polar surface area (TPSA) is 59.0 Å². The van der Waals surface area contributed by atoms with Crippen LogP contribution < -0.4 is 10.5 Å². The Balaban J connectivity index is 2.58. The van der Waals surface area contributed by atoms with Gasteiger partial charge in [0.15, 0.2) is 0 Å². The number of nitriles is 1. The lowest BCUT2D eigenvalue weighted by atomic mass is 10.1. The third kappa shape index (κ3) is 3.26. The van der Waals surface area contributed by atoms with Crippen LogP contribution in [0.15, 0.2) is 18.2 Å². The van der Waals surface area contributed by atoms with Gasteiger partial charge in [0.25, 0.3) is 0 Å². The summed E-state index contributed by atoms with van der Waals surface area (Å²) in [6.45, 7) is 4.44. The zero-order valence-electron chi connectivity index (χ0n) is 9.16. The van der Waals surface area contributed by atoms with Gasteiger partial charge in [-0.25, -0.2) is 0 Å². The minimum absolute atomic E-state index is 0.213. The fraction of sp³-hybridized carbons (Fsp3) is 0.417. The lowest BCUT2D eigenvalue weighted by molar-refractivity contribution is 0.288. The lowest BCUT2D eigenvalue weighted by Crippen LogP contribution is -2.27. The summed E-state index contributed by atoms with van der Waals surface area (Å²) < 4.78 is 5.56. The van der Waals surface area contributed by atoms with Crippen LogP contribution in [-0.4, -0.2) is 12.6 Å². The second kappa shape index (κ2) is 5.38. The maximum atomic E-state index is 8.45. The average Bonchev–Trinajstić information content (AvgIpc) is 2.21. The number of ether oxygens (including phenoxy) is 1. The number of benzene rings is 1. The van der Waals surface area contributed by atoms with E-state index in [1.807, 2.05) is 38.1 Å². The monoisotopic (exact) mass is 204 g/mol. The number of nitrogens with two attached hydrogens (primary N) is 1. The number of rotatable bonds is 4. The minimum Gasteiger partial charge on any atom is -0.492 e. The van der Waals surface area contributed by atoms with Crippen LogP contribution in [-0.2, 0) is 0 Å². The summed E-state index contributed by atoms with van der Waals surface area (Å²) in [7, 11) is 0. The summed E-state index contributed by atoms with van der Waals surface area (Å²) >= 11 is 0. The molecule has 0 spiro atoms. The Hall–Kier alpha value is -1.53. The van der Waals surface area contributed by atoms with Crippen molar-refractivity contribution in [3.63, 3.8) is 0 Å². The molecular formula is C12H16N2O. The Labute approximate surface area is 90.5 Å². The van der Waals surface area contributed by atoms with E-state index in [1.54, 1.807) is 0 Å². The van der Waals surface area contributed by atoms with Crippen molar-refractivity contribution in [3.8, 4) is 11.8 Å². The van der Waals surface area contributed by atoms with E-state index in [1.165, 1.54) is 5.56 Å². The molecule has 2 N–H and O–H groups in total. The van der Waals surface area contributed by atoms with Crippen molar-refractivity contribution in [1.82, 2.24) is 0 Å². The highest BCUT2D eigenvalue weighted by Crippen LogP contribution is 2.20. The highest BCUT2D eigenvalue weighted by atomic mass is 16.5. The summed E-state index contributed by atoms with van der Waals surface area (Å²) in [6, 6.07) is 7.72. The van der Waals surface area contributed by atoms with Crippen molar-refractivity contribution in [3.05, 3.63) is 29.3 Å². The molecule has 0 saturated carbocycles. The van der Waals surface area contributed by atoms with E-state index in [-0.39, 0.29) is 6.04 Å². The third-order valence-corrected chi connectivity index (χ3v) is 2.36. The van der Waals surface area contributed by atoms with Crippen LogP contribution in [0.3, 0.4) is 0 Å². The maximum Gasteiger partial charge on any atom is 0.122 e. The summed E-state index contributed by atoms with van der Waals surface area (Å²) in [5.74, 6) is 0.850. The zero-order chi connectivity index (χ0) is 11.3. The SMILES string of the molecule is Cc1cccc(OCC(N)CC#N)c1C. The van der Waals surface area contributed by atoms with E-state index in [0.29, 0.717) is 13.0 Å². The van der Waals surface area contributed by atoms with Crippen molar-refractivity contribution in [2.24, 2.45) is 5.73 Å². The van der Waals surface area contributed by atoms with Gasteiger partial charge in [0.05, 0.1) is 18.5 Å². The molecule has 1 aromatic rings. The largest absolute Gasteiger partial charge is 0.492 e. The van der Waals surface area contributed by atoms with Crippen LogP contribution in [0, 0.1) is 25.2 Å². The first-order valence-corrected chi connectivity index (χ1v) is 4.96. The Morgan fingerprint density at radius 1 is 1.47 bits per heavy atom. The molecule has 0 aromatic heterocycles. The van der Waals surface area contributed by atoms with Crippen molar-refractivity contribution < 1.29 is 4.74 Å². The molecule has 1 atom stereocenters. The molecule has 0 radical (unpaired) electrons. The number of hydrogen-bond donors (Lipinski definition) is 1. The molecule has 0 bridgehead atoms. The van der Waals surface area contributed by atoms with Gasteiger partial charge in [-0.3, -0.25) is 0 Å². The van der Waals surface area contributed by atoms with Crippen LogP contribution in [0.25, 0.3) is 0 Å². The molecule has 0 fully saturated rings. The minimum atomic E-state index is -0.213. The molecule has 80 valence electrons. The number of aryl methyl sites for hydroxylation is 1. The second-order valence-electron chi connectivity index (χ2n) is 3.63. The molecule has 1 unspecified atom stereocenters. The summed E-state index contributed by atoms with van der Waals surface area (Å²) in [5.41, 5.74) is 7.99. The number of nitrogens with zero attached hydrogens (tertiary/aromatic N) is 1. The van der Waals surface area contributed by atoms with E-state index in [0.717, 1.165) is 11.3 Å². The van der Waals surface area contributed by atoms with E-state index in [2.05, 4.69) is 0 Å². The molecule has 15 heavy (non-hydrogen) atoms. The van der Waals surface area contributed by atoms with Gasteiger partial charge in [0.1, 0.15) is 12.4 Å². The van der Waals surface area contributed by atoms with Gasteiger partial charge in [-0.15, -0.1) is 0 Å². The van der Waals surface area contributed by atoms with Gasteiger partial charge in [0.2, 0.25) is 0 Å². The van der Waals surface area contributed by atoms with Gasteiger partial charge < -0.3 is 10.5 Å². The molecule has 0 heterocycles. The smallest absolute Gasteiger partial charge is 0.122 e. The van der Waals surface area contributed by atoms with Gasteiger partial charge in [-0.1, -0.05) is 12.1 Å². The predicted molar refractivity (Wildman–Crippen MR) is 59.6 cm³/mol. The fourth-order valence-electron chi connectivity index (χ4n) is 1.25. The van der Waals surface area contributed by atoms with Gasteiger partial charge in [-0.05, 0) is 31.0 Å². The van der Waals surface area contributed by atoms with Crippen LogP contribution >= 0.6 is 0 Å². The average molecular weight is 204 g/mol. The summed E-state index contributed by atoms with van der Waals surface area (Å²) in [4.78, 5) is 0. The molecule has 3 nitrogen and oxygen atoms in total. The third-order valence-electron chi connectivity index (χ3n) is 2.36. The van der Waals surface area contributed by atoms with Gasteiger partial charge in [-0.2, -0.15) is 5.26 Å². The van der Waals surface area contributed by atoms with Crippen molar-refractivity contribution in [1.29, 1.82) is 5.26 Å². The molecule has 0 aliphatic heterocycles. The first-order chi connectivity index (χ1) is 7.15. The highest BCUT2D eigenvalue weighted by molar-refractivity contribution is 5.38. The Bertz CT molecular complexity index is 368. The van der Waals surface area contributed by atoms with E-state index < -0.39 is 0 Å². The molecule has 0 aliphatic rings. The molecule has 1 rings (SSSR count). The van der Waals surface area contributed by atoms with Crippen molar-refractivity contribution in [2.75, 3.05) is 6.61 Å². The lowest BCUT2D eigenvalue weighted by Gasteiger charge is -2.13. The molecular weight excluding hydrogens is 188 g/mol. The molecule has 1 aromatic carbocycles. The fourth-order valence-corrected chi connectivity index (χ4v) is 1.25. The van der Waals surface area contributed by atoms with Crippen molar-refractivity contribution >= 4 is 0 Å². The number of hydrogen-bond acceptors (Lipinski definition) is 3. The molecule has 0 saturated heterocycles. The van der Waals surface area contributed by atoms with Crippen molar-refractivity contribution in [2.45, 2.75) is 26.3 Å². The quantitative estimate of drug-likeness (QED) is 0.815. The Morgan fingerprint density at radius 2 is 2.20 bits per heavy atom. The van der Waals surface area contributed by atoms with Crippen LogP contribution in [0.5, 0.6) is 5.75 Å². The molecule has 0 aliphatic carbocycles. The first kappa shape index (κ1) is 11.5. The normalized spacial score (nSPS) is 11.9. The van der Waals surface area contributed by atoms with E-state index in [9.17, 15) is 0 Å². The Morgan fingerprint density at radius 3 is 2.87 bits per heavy atom. The van der Waals surface area contributed by atoms with Gasteiger partial charge >= 0.3 is 0 Å².